The number of rotatable bonds is 4. The zero-order valence-electron chi connectivity index (χ0n) is 17.0. The van der Waals surface area contributed by atoms with Crippen LogP contribution in [0.2, 0.25) is 18.1 Å². The zero-order chi connectivity index (χ0) is 20.7. The van der Waals surface area contributed by atoms with Crippen molar-refractivity contribution in [2.45, 2.75) is 57.2 Å². The highest BCUT2D eigenvalue weighted by molar-refractivity contribution is 9.10. The molecule has 0 N–H and O–H groups in total. The minimum atomic E-state index is -2.89. The number of halogens is 3. The summed E-state index contributed by atoms with van der Waals surface area (Å²) in [5.74, 6) is -3.45. The first-order chi connectivity index (χ1) is 12.9. The van der Waals surface area contributed by atoms with Crippen LogP contribution in [0.5, 0.6) is 0 Å². The van der Waals surface area contributed by atoms with Crippen LogP contribution >= 0.6 is 15.9 Å². The molecule has 5 heteroatoms. The standard InChI is InChI=1S/C23H27BrF2OSi/c1-22(2,3)28(4,5)27-19-15-23(25,26)21(17-11-13-18(24)14-12-17)20(19)16-9-7-6-8-10-16/h6-14,21H,15H2,1-5H3. The molecule has 0 fully saturated rings. The van der Waals surface area contributed by atoms with E-state index in [1.165, 1.54) is 0 Å². The van der Waals surface area contributed by atoms with E-state index in [0.717, 1.165) is 10.0 Å². The van der Waals surface area contributed by atoms with Gasteiger partial charge in [-0.25, -0.2) is 8.78 Å². The van der Waals surface area contributed by atoms with Crippen LogP contribution in [0.3, 0.4) is 0 Å². The number of alkyl halides is 2. The minimum Gasteiger partial charge on any atom is -0.546 e. The Morgan fingerprint density at radius 3 is 2.11 bits per heavy atom. The van der Waals surface area contributed by atoms with Crippen LogP contribution in [0.4, 0.5) is 8.78 Å². The highest BCUT2D eigenvalue weighted by Gasteiger charge is 2.53. The molecule has 0 spiro atoms. The molecule has 0 radical (unpaired) electrons. The third kappa shape index (κ3) is 4.11. The van der Waals surface area contributed by atoms with E-state index in [1.807, 2.05) is 42.5 Å². The molecule has 0 aliphatic heterocycles. The van der Waals surface area contributed by atoms with Gasteiger partial charge in [0.25, 0.3) is 5.92 Å². The van der Waals surface area contributed by atoms with Crippen molar-refractivity contribution in [3.05, 3.63) is 76.0 Å². The molecule has 2 aromatic carbocycles. The van der Waals surface area contributed by atoms with Crippen molar-refractivity contribution in [1.82, 2.24) is 0 Å². The first-order valence-electron chi connectivity index (χ1n) is 9.53. The van der Waals surface area contributed by atoms with E-state index < -0.39 is 20.2 Å². The molecule has 2 aromatic rings. The summed E-state index contributed by atoms with van der Waals surface area (Å²) < 4.78 is 38.0. The van der Waals surface area contributed by atoms with Crippen molar-refractivity contribution in [3.63, 3.8) is 0 Å². The van der Waals surface area contributed by atoms with Gasteiger partial charge in [0.05, 0.1) is 18.1 Å². The monoisotopic (exact) mass is 464 g/mol. The summed E-state index contributed by atoms with van der Waals surface area (Å²) in [5, 5.41) is -0.0627. The van der Waals surface area contributed by atoms with Crippen molar-refractivity contribution >= 4 is 29.8 Å². The molecule has 1 nitrogen and oxygen atoms in total. The molecule has 150 valence electrons. The van der Waals surface area contributed by atoms with Crippen molar-refractivity contribution in [2.75, 3.05) is 0 Å². The molecular weight excluding hydrogens is 438 g/mol. The molecule has 1 unspecified atom stereocenters. The first-order valence-corrected chi connectivity index (χ1v) is 13.2. The molecule has 0 amide bonds. The minimum absolute atomic E-state index is 0.0627. The van der Waals surface area contributed by atoms with Gasteiger partial charge in [-0.15, -0.1) is 0 Å². The number of hydrogen-bond donors (Lipinski definition) is 0. The lowest BCUT2D eigenvalue weighted by atomic mass is 9.86. The molecule has 0 bridgehead atoms. The fraction of sp³-hybridized carbons (Fsp3) is 0.391. The third-order valence-corrected chi connectivity index (χ3v) is 10.8. The first kappa shape index (κ1) is 21.3. The summed E-state index contributed by atoms with van der Waals surface area (Å²) in [6, 6.07) is 16.7. The van der Waals surface area contributed by atoms with E-state index in [4.69, 9.17) is 4.43 Å². The SMILES string of the molecule is CC(C)(C)[Si](C)(C)OC1=C(c2ccccc2)C(c2ccc(Br)cc2)C(F)(F)C1. The zero-order valence-corrected chi connectivity index (χ0v) is 19.6. The Kier molecular flexibility index (Phi) is 5.63. The molecule has 3 rings (SSSR count). The predicted molar refractivity (Wildman–Crippen MR) is 118 cm³/mol. The van der Waals surface area contributed by atoms with Crippen molar-refractivity contribution < 1.29 is 13.2 Å². The smallest absolute Gasteiger partial charge is 0.265 e. The molecule has 0 heterocycles. The van der Waals surface area contributed by atoms with Gasteiger partial charge in [-0.1, -0.05) is 79.2 Å². The van der Waals surface area contributed by atoms with Gasteiger partial charge in [0, 0.05) is 10.0 Å². The van der Waals surface area contributed by atoms with E-state index in [-0.39, 0.29) is 11.5 Å². The summed E-state index contributed by atoms with van der Waals surface area (Å²) in [5.41, 5.74) is 2.04. The average Bonchev–Trinajstić information content (AvgIpc) is 2.85. The van der Waals surface area contributed by atoms with Crippen LogP contribution in [0.25, 0.3) is 5.57 Å². The summed E-state index contributed by atoms with van der Waals surface area (Å²) in [6.07, 6.45) is -0.357. The summed E-state index contributed by atoms with van der Waals surface area (Å²) in [6.45, 7) is 10.6. The van der Waals surface area contributed by atoms with Crippen LogP contribution in [0, 0.1) is 0 Å². The van der Waals surface area contributed by atoms with Gasteiger partial charge in [-0.05, 0) is 41.4 Å². The van der Waals surface area contributed by atoms with Crippen LogP contribution < -0.4 is 0 Å². The third-order valence-electron chi connectivity index (χ3n) is 5.88. The number of hydrogen-bond acceptors (Lipinski definition) is 1. The molecule has 1 aliphatic carbocycles. The van der Waals surface area contributed by atoms with E-state index in [9.17, 15) is 0 Å². The maximum Gasteiger partial charge on any atom is 0.265 e. The molecule has 1 aliphatic rings. The quantitative estimate of drug-likeness (QED) is 0.416. The Morgan fingerprint density at radius 2 is 1.57 bits per heavy atom. The summed E-state index contributed by atoms with van der Waals surface area (Å²) in [4.78, 5) is 0. The Morgan fingerprint density at radius 1 is 1.00 bits per heavy atom. The molecule has 0 aromatic heterocycles. The van der Waals surface area contributed by atoms with Gasteiger partial charge >= 0.3 is 0 Å². The fourth-order valence-corrected chi connectivity index (χ4v) is 4.72. The van der Waals surface area contributed by atoms with Gasteiger partial charge in [0.15, 0.2) is 0 Å². The lowest BCUT2D eigenvalue weighted by molar-refractivity contribution is -0.00640. The Bertz CT molecular complexity index is 868. The van der Waals surface area contributed by atoms with Gasteiger partial charge in [0.2, 0.25) is 8.32 Å². The van der Waals surface area contributed by atoms with E-state index in [2.05, 4.69) is 49.8 Å². The summed E-state index contributed by atoms with van der Waals surface area (Å²) >= 11 is 3.40. The van der Waals surface area contributed by atoms with E-state index in [0.29, 0.717) is 16.9 Å². The highest BCUT2D eigenvalue weighted by atomic mass is 79.9. The number of benzene rings is 2. The van der Waals surface area contributed by atoms with Crippen LogP contribution in [0.1, 0.15) is 44.2 Å². The molecule has 28 heavy (non-hydrogen) atoms. The Hall–Kier alpha value is -1.46. The average molecular weight is 465 g/mol. The van der Waals surface area contributed by atoms with Gasteiger partial charge in [-0.2, -0.15) is 0 Å². The van der Waals surface area contributed by atoms with Crippen molar-refractivity contribution in [1.29, 1.82) is 0 Å². The lowest BCUT2D eigenvalue weighted by Gasteiger charge is -2.37. The fourth-order valence-electron chi connectivity index (χ4n) is 3.35. The summed E-state index contributed by atoms with van der Waals surface area (Å²) in [7, 11) is -2.25. The predicted octanol–water partition coefficient (Wildman–Crippen LogP) is 8.00. The number of allylic oxidation sites excluding steroid dienone is 2. The largest absolute Gasteiger partial charge is 0.546 e. The highest BCUT2D eigenvalue weighted by Crippen LogP contribution is 2.55. The van der Waals surface area contributed by atoms with Crippen molar-refractivity contribution in [2.24, 2.45) is 0 Å². The second kappa shape index (κ2) is 7.41. The topological polar surface area (TPSA) is 9.23 Å². The Labute approximate surface area is 176 Å². The molecule has 1 atom stereocenters. The molecule has 0 saturated heterocycles. The normalized spacial score (nSPS) is 19.8. The van der Waals surface area contributed by atoms with E-state index >= 15 is 8.78 Å². The second-order valence-corrected chi connectivity index (χ2v) is 14.6. The van der Waals surface area contributed by atoms with Crippen molar-refractivity contribution in [3.8, 4) is 0 Å². The second-order valence-electron chi connectivity index (χ2n) is 8.99. The van der Waals surface area contributed by atoms with Gasteiger partial charge in [-0.3, -0.25) is 0 Å². The van der Waals surface area contributed by atoms with Crippen LogP contribution in [-0.2, 0) is 4.43 Å². The molecular formula is C23H27BrF2OSi. The van der Waals surface area contributed by atoms with Crippen LogP contribution in [0.15, 0.2) is 64.8 Å². The lowest BCUT2D eigenvalue weighted by Crippen LogP contribution is -2.40. The maximum atomic E-state index is 15.3. The van der Waals surface area contributed by atoms with E-state index in [1.54, 1.807) is 12.1 Å². The molecule has 0 saturated carbocycles. The van der Waals surface area contributed by atoms with Gasteiger partial charge < -0.3 is 4.43 Å². The van der Waals surface area contributed by atoms with Crippen LogP contribution in [-0.4, -0.2) is 14.2 Å². The van der Waals surface area contributed by atoms with Gasteiger partial charge in [0.1, 0.15) is 0 Å². The maximum absolute atomic E-state index is 15.3. The Balaban J connectivity index is 2.17.